The van der Waals surface area contributed by atoms with Crippen molar-refractivity contribution in [2.45, 2.75) is 12.8 Å². The zero-order chi connectivity index (χ0) is 8.43. The van der Waals surface area contributed by atoms with Crippen LogP contribution in [0.3, 0.4) is 0 Å². The van der Waals surface area contributed by atoms with Crippen molar-refractivity contribution in [3.8, 4) is 0 Å². The normalized spacial score (nSPS) is 10.6. The van der Waals surface area contributed by atoms with E-state index in [0.29, 0.717) is 5.92 Å². The van der Waals surface area contributed by atoms with Crippen LogP contribution in [0.2, 0.25) is 0 Å². The van der Waals surface area contributed by atoms with E-state index in [-0.39, 0.29) is 0 Å². The SMILES string of the molecule is [CH2]C(C)c1cc(Br)cc(Br)c1. The molecule has 0 saturated heterocycles. The highest BCUT2D eigenvalue weighted by atomic mass is 79.9. The molecule has 0 aliphatic heterocycles. The van der Waals surface area contributed by atoms with Crippen LogP contribution in [0.15, 0.2) is 27.1 Å². The van der Waals surface area contributed by atoms with Crippen molar-refractivity contribution in [2.75, 3.05) is 0 Å². The minimum absolute atomic E-state index is 0.337. The van der Waals surface area contributed by atoms with E-state index < -0.39 is 0 Å². The molecule has 0 saturated carbocycles. The highest BCUT2D eigenvalue weighted by Crippen LogP contribution is 2.24. The Balaban J connectivity index is 3.08. The Labute approximate surface area is 84.3 Å². The molecule has 1 rings (SSSR count). The number of benzene rings is 1. The Hall–Kier alpha value is 0.180. The van der Waals surface area contributed by atoms with Crippen molar-refractivity contribution in [1.29, 1.82) is 0 Å². The lowest BCUT2D eigenvalue weighted by molar-refractivity contribution is 0.961. The molecule has 2 heteroatoms. The van der Waals surface area contributed by atoms with Crippen molar-refractivity contribution >= 4 is 31.9 Å². The lowest BCUT2D eigenvalue weighted by Gasteiger charge is -2.05. The Morgan fingerprint density at radius 3 is 2.00 bits per heavy atom. The molecule has 0 amide bonds. The van der Waals surface area contributed by atoms with Crippen molar-refractivity contribution < 1.29 is 0 Å². The molecule has 0 aromatic heterocycles. The van der Waals surface area contributed by atoms with Crippen molar-refractivity contribution in [3.63, 3.8) is 0 Å². The molecular formula is C9H9Br2. The first-order valence-electron chi connectivity index (χ1n) is 3.38. The van der Waals surface area contributed by atoms with Gasteiger partial charge in [-0.15, -0.1) is 0 Å². The zero-order valence-corrected chi connectivity index (χ0v) is 9.44. The molecule has 0 heterocycles. The third-order valence-corrected chi connectivity index (χ3v) is 2.37. The minimum Gasteiger partial charge on any atom is -0.0584 e. The van der Waals surface area contributed by atoms with Crippen LogP contribution in [0.25, 0.3) is 0 Å². The zero-order valence-electron chi connectivity index (χ0n) is 6.27. The minimum atomic E-state index is 0.337. The van der Waals surface area contributed by atoms with Gasteiger partial charge < -0.3 is 0 Å². The Kier molecular flexibility index (Phi) is 3.14. The molecule has 0 bridgehead atoms. The molecule has 59 valence electrons. The lowest BCUT2D eigenvalue weighted by atomic mass is 10.0. The van der Waals surface area contributed by atoms with Gasteiger partial charge in [0.1, 0.15) is 0 Å². The van der Waals surface area contributed by atoms with Gasteiger partial charge in [-0.1, -0.05) is 38.8 Å². The molecule has 0 N–H and O–H groups in total. The summed E-state index contributed by atoms with van der Waals surface area (Å²) in [6.45, 7) is 6.03. The van der Waals surface area contributed by atoms with Crippen LogP contribution in [0.4, 0.5) is 0 Å². The van der Waals surface area contributed by atoms with Crippen LogP contribution in [0.1, 0.15) is 18.4 Å². The summed E-state index contributed by atoms with van der Waals surface area (Å²) >= 11 is 6.85. The Morgan fingerprint density at radius 2 is 1.64 bits per heavy atom. The van der Waals surface area contributed by atoms with Crippen LogP contribution in [0, 0.1) is 6.92 Å². The number of hydrogen-bond acceptors (Lipinski definition) is 0. The summed E-state index contributed by atoms with van der Waals surface area (Å²) in [6, 6.07) is 6.19. The smallest absolute Gasteiger partial charge is 0.0189 e. The van der Waals surface area contributed by atoms with Gasteiger partial charge in [0.05, 0.1) is 0 Å². The van der Waals surface area contributed by atoms with Crippen LogP contribution in [-0.2, 0) is 0 Å². The summed E-state index contributed by atoms with van der Waals surface area (Å²) in [5, 5.41) is 0. The summed E-state index contributed by atoms with van der Waals surface area (Å²) in [5.41, 5.74) is 1.24. The van der Waals surface area contributed by atoms with Gasteiger partial charge in [-0.3, -0.25) is 0 Å². The maximum Gasteiger partial charge on any atom is 0.0189 e. The standard InChI is InChI=1S/C9H9Br2/c1-6(2)7-3-8(10)5-9(11)4-7/h3-6H,1H2,2H3. The maximum absolute atomic E-state index is 3.95. The average molecular weight is 277 g/mol. The van der Waals surface area contributed by atoms with Gasteiger partial charge in [-0.05, 0) is 36.6 Å². The molecule has 11 heavy (non-hydrogen) atoms. The van der Waals surface area contributed by atoms with E-state index >= 15 is 0 Å². The second-order valence-electron chi connectivity index (χ2n) is 2.60. The van der Waals surface area contributed by atoms with Crippen LogP contribution >= 0.6 is 31.9 Å². The number of hydrogen-bond donors (Lipinski definition) is 0. The topological polar surface area (TPSA) is 0 Å². The fraction of sp³-hybridized carbons (Fsp3) is 0.222. The van der Waals surface area contributed by atoms with Gasteiger partial charge in [-0.25, -0.2) is 0 Å². The number of rotatable bonds is 1. The van der Waals surface area contributed by atoms with Gasteiger partial charge in [0.25, 0.3) is 0 Å². The van der Waals surface area contributed by atoms with E-state index in [2.05, 4.69) is 57.8 Å². The van der Waals surface area contributed by atoms with Crippen molar-refractivity contribution in [1.82, 2.24) is 0 Å². The molecule has 0 spiro atoms. The quantitative estimate of drug-likeness (QED) is 0.723. The van der Waals surface area contributed by atoms with Crippen molar-refractivity contribution in [3.05, 3.63) is 39.6 Å². The van der Waals surface area contributed by atoms with Crippen LogP contribution in [-0.4, -0.2) is 0 Å². The predicted molar refractivity (Wildman–Crippen MR) is 55.6 cm³/mol. The first kappa shape index (κ1) is 9.27. The van der Waals surface area contributed by atoms with Crippen LogP contribution < -0.4 is 0 Å². The predicted octanol–water partition coefficient (Wildman–Crippen LogP) is 4.15. The summed E-state index contributed by atoms with van der Waals surface area (Å²) < 4.78 is 2.19. The largest absolute Gasteiger partial charge is 0.0584 e. The monoisotopic (exact) mass is 275 g/mol. The summed E-state index contributed by atoms with van der Waals surface area (Å²) in [7, 11) is 0. The van der Waals surface area contributed by atoms with Crippen molar-refractivity contribution in [2.24, 2.45) is 0 Å². The molecule has 0 nitrogen and oxygen atoms in total. The summed E-state index contributed by atoms with van der Waals surface area (Å²) in [6.07, 6.45) is 0. The molecular weight excluding hydrogens is 268 g/mol. The van der Waals surface area contributed by atoms with Gasteiger partial charge in [-0.2, -0.15) is 0 Å². The van der Waals surface area contributed by atoms with Gasteiger partial charge >= 0.3 is 0 Å². The average Bonchev–Trinajstić information content (AvgIpc) is 1.85. The molecule has 1 aromatic rings. The third kappa shape index (κ3) is 2.60. The van der Waals surface area contributed by atoms with E-state index in [4.69, 9.17) is 0 Å². The third-order valence-electron chi connectivity index (χ3n) is 1.45. The fourth-order valence-corrected chi connectivity index (χ4v) is 2.19. The number of halogens is 2. The molecule has 1 radical (unpaired) electrons. The maximum atomic E-state index is 3.95. The second-order valence-corrected chi connectivity index (χ2v) is 4.44. The highest BCUT2D eigenvalue weighted by Gasteiger charge is 2.00. The van der Waals surface area contributed by atoms with Crippen LogP contribution in [0.5, 0.6) is 0 Å². The molecule has 0 fully saturated rings. The lowest BCUT2D eigenvalue weighted by Crippen LogP contribution is -1.86. The second kappa shape index (κ2) is 3.72. The van der Waals surface area contributed by atoms with E-state index in [0.717, 1.165) is 8.95 Å². The van der Waals surface area contributed by atoms with E-state index in [1.807, 2.05) is 6.07 Å². The summed E-state index contributed by atoms with van der Waals surface area (Å²) in [5.74, 6) is 0.337. The van der Waals surface area contributed by atoms with Gasteiger partial charge in [0, 0.05) is 8.95 Å². The molecule has 1 atom stereocenters. The van der Waals surface area contributed by atoms with E-state index in [9.17, 15) is 0 Å². The first-order valence-corrected chi connectivity index (χ1v) is 4.97. The molecule has 1 unspecified atom stereocenters. The van der Waals surface area contributed by atoms with E-state index in [1.54, 1.807) is 0 Å². The Morgan fingerprint density at radius 1 is 1.18 bits per heavy atom. The van der Waals surface area contributed by atoms with Gasteiger partial charge in [0.2, 0.25) is 0 Å². The first-order chi connectivity index (χ1) is 5.09. The summed E-state index contributed by atoms with van der Waals surface area (Å²) in [4.78, 5) is 0. The van der Waals surface area contributed by atoms with Gasteiger partial charge in [0.15, 0.2) is 0 Å². The fourth-order valence-electron chi connectivity index (χ4n) is 0.860. The molecule has 0 aliphatic rings. The molecule has 1 aromatic carbocycles. The van der Waals surface area contributed by atoms with E-state index in [1.165, 1.54) is 5.56 Å². The highest BCUT2D eigenvalue weighted by molar-refractivity contribution is 9.11. The Bertz CT molecular complexity index is 233. The molecule has 0 aliphatic carbocycles.